The molecule has 538 valence electrons. The first-order valence-corrected chi connectivity index (χ1v) is 38.6. The minimum absolute atomic E-state index is 0.118. The topological polar surface area (TPSA) is 211 Å². The molecule has 6 N–H and O–H groups in total. The minimum Gasteiger partial charge on any atom is -0.508 e. The SMILES string of the molecule is C=CCC(O)C1CCCCC1.C=CCC(O)c1ccccc1.C=CC[C@H](O)CC(O)C1CCCCC1.C=CC[C@H](O)C[C@H](O)c1ccccc1.C=CC[Si]1(OC=C)OC(C)(C)C(C)(C)O1.C=CC[Si]1(OC=C)OC(C)(C)C(C)(C)O1.O=CC1CCCCC1.O=Cc1ccccc1. The maximum atomic E-state index is 10.2. The smallest absolute Gasteiger partial charge is 0.508 e. The molecule has 2 saturated heterocycles. The van der Waals surface area contributed by atoms with Gasteiger partial charge in [-0.3, -0.25) is 4.79 Å². The summed E-state index contributed by atoms with van der Waals surface area (Å²) >= 11 is 0. The van der Waals surface area contributed by atoms with Crippen molar-refractivity contribution < 1.29 is 66.8 Å². The molecule has 14 nitrogen and oxygen atoms in total. The second kappa shape index (κ2) is 48.3. The van der Waals surface area contributed by atoms with Crippen LogP contribution in [0.25, 0.3) is 0 Å². The summed E-state index contributed by atoms with van der Waals surface area (Å²) in [4.78, 5) is 20.2. The number of benzene rings is 3. The van der Waals surface area contributed by atoms with Gasteiger partial charge in [0.05, 0.1) is 71.6 Å². The van der Waals surface area contributed by atoms with Crippen molar-refractivity contribution >= 4 is 30.2 Å². The molecule has 5 fully saturated rings. The van der Waals surface area contributed by atoms with Gasteiger partial charge in [-0.1, -0.05) is 198 Å². The van der Waals surface area contributed by atoms with E-state index in [4.69, 9.17) is 26.6 Å². The third kappa shape index (κ3) is 34.4. The van der Waals surface area contributed by atoms with E-state index in [0.29, 0.717) is 61.9 Å². The Balaban J connectivity index is 0.000000553. The van der Waals surface area contributed by atoms with E-state index in [-0.39, 0.29) is 34.6 Å². The molecule has 3 saturated carbocycles. The van der Waals surface area contributed by atoms with Gasteiger partial charge in [0.15, 0.2) is 0 Å². The summed E-state index contributed by atoms with van der Waals surface area (Å²) in [5, 5.41) is 57.6. The Kier molecular flexibility index (Phi) is 44.6. The van der Waals surface area contributed by atoms with Gasteiger partial charge in [0.25, 0.3) is 0 Å². The number of aliphatic hydroxyl groups is 6. The van der Waals surface area contributed by atoms with Crippen molar-refractivity contribution in [3.05, 3.63) is 209 Å². The van der Waals surface area contributed by atoms with E-state index < -0.39 is 42.0 Å². The van der Waals surface area contributed by atoms with Crippen LogP contribution in [0.1, 0.15) is 224 Å². The van der Waals surface area contributed by atoms with Crippen LogP contribution < -0.4 is 0 Å². The van der Waals surface area contributed by atoms with Gasteiger partial charge in [0.1, 0.15) is 12.6 Å². The first kappa shape index (κ1) is 88.6. The molecule has 5 aliphatic rings. The third-order valence-corrected chi connectivity index (χ3v) is 24.0. The minimum atomic E-state index is -2.64. The average Bonchev–Trinajstić information content (AvgIpc) is 1.61. The van der Waals surface area contributed by atoms with Crippen LogP contribution in [-0.2, 0) is 31.4 Å². The highest BCUT2D eigenvalue weighted by Gasteiger charge is 2.63. The summed E-state index contributed by atoms with van der Waals surface area (Å²) in [5.41, 5.74) is 1.10. The lowest BCUT2D eigenvalue weighted by Gasteiger charge is -2.31. The van der Waals surface area contributed by atoms with Crippen LogP contribution in [0.4, 0.5) is 0 Å². The molecule has 2 aliphatic heterocycles. The molecule has 3 aliphatic carbocycles. The van der Waals surface area contributed by atoms with Gasteiger partial charge >= 0.3 is 17.6 Å². The van der Waals surface area contributed by atoms with Crippen LogP contribution in [0.2, 0.25) is 12.1 Å². The molecule has 3 aromatic carbocycles. The molecule has 96 heavy (non-hydrogen) atoms. The van der Waals surface area contributed by atoms with Crippen LogP contribution in [0.3, 0.4) is 0 Å². The average molecular weight is 1370 g/mol. The predicted octanol–water partition coefficient (Wildman–Crippen LogP) is 18.1. The van der Waals surface area contributed by atoms with Crippen molar-refractivity contribution in [2.75, 3.05) is 0 Å². The highest BCUT2D eigenvalue weighted by Crippen LogP contribution is 2.45. The highest BCUT2D eigenvalue weighted by atomic mass is 28.4. The first-order valence-electron chi connectivity index (χ1n) is 34.8. The molecule has 3 aromatic rings. The number of hydrogen-bond acceptors (Lipinski definition) is 14. The monoisotopic (exact) mass is 1370 g/mol. The van der Waals surface area contributed by atoms with Gasteiger partial charge in [0.2, 0.25) is 0 Å². The first-order chi connectivity index (χ1) is 45.6. The van der Waals surface area contributed by atoms with Crippen molar-refractivity contribution in [2.45, 2.75) is 261 Å². The zero-order valence-electron chi connectivity index (χ0n) is 60.0. The molecule has 0 amide bonds. The Labute approximate surface area is 582 Å². The van der Waals surface area contributed by atoms with E-state index >= 15 is 0 Å². The fourth-order valence-electron chi connectivity index (χ4n) is 11.3. The van der Waals surface area contributed by atoms with Crippen LogP contribution >= 0.6 is 0 Å². The second-order valence-electron chi connectivity index (χ2n) is 27.1. The number of allylic oxidation sites excluding steroid dienone is 2. The van der Waals surface area contributed by atoms with Crippen LogP contribution in [0.5, 0.6) is 0 Å². The Bertz CT molecular complexity index is 2480. The van der Waals surface area contributed by atoms with Crippen molar-refractivity contribution in [3.8, 4) is 0 Å². The summed E-state index contributed by atoms with van der Waals surface area (Å²) < 4.78 is 34.9. The van der Waals surface area contributed by atoms with Crippen LogP contribution in [-0.4, -0.2) is 108 Å². The van der Waals surface area contributed by atoms with Gasteiger partial charge in [-0.25, -0.2) is 0 Å². The summed E-state index contributed by atoms with van der Waals surface area (Å²) in [6.07, 6.45) is 34.8. The van der Waals surface area contributed by atoms with E-state index in [2.05, 4.69) is 52.6 Å². The molecule has 6 atom stereocenters. The predicted molar refractivity (Wildman–Crippen MR) is 398 cm³/mol. The molecule has 0 aromatic heterocycles. The lowest BCUT2D eigenvalue weighted by atomic mass is 9.83. The number of carbonyl (C=O) groups is 2. The number of rotatable bonds is 26. The van der Waals surface area contributed by atoms with Gasteiger partial charge in [-0.15, -0.1) is 39.5 Å². The molecule has 0 bridgehead atoms. The highest BCUT2D eigenvalue weighted by molar-refractivity contribution is 6.62. The van der Waals surface area contributed by atoms with Crippen molar-refractivity contribution in [1.29, 1.82) is 0 Å². The van der Waals surface area contributed by atoms with E-state index in [1.54, 1.807) is 42.5 Å². The molecule has 0 spiro atoms. The number of aldehydes is 2. The quantitative estimate of drug-likeness (QED) is 0.0191. The molecule has 16 heteroatoms. The summed E-state index contributed by atoms with van der Waals surface area (Å²) in [6, 6.07) is 29.2. The second-order valence-corrected chi connectivity index (χ2v) is 31.9. The fourth-order valence-corrected chi connectivity index (χ4v) is 17.5. The summed E-state index contributed by atoms with van der Waals surface area (Å²) in [7, 11) is -5.28. The van der Waals surface area contributed by atoms with Crippen molar-refractivity contribution in [1.82, 2.24) is 0 Å². The van der Waals surface area contributed by atoms with Crippen molar-refractivity contribution in [2.24, 2.45) is 17.8 Å². The fraction of sp³-hybridized carbons (Fsp3) is 0.550. The number of carbonyl (C=O) groups excluding carboxylic acids is 2. The maximum Gasteiger partial charge on any atom is 0.570 e. The van der Waals surface area contributed by atoms with Gasteiger partial charge in [-0.05, 0) is 149 Å². The van der Waals surface area contributed by atoms with Gasteiger partial charge in [0, 0.05) is 30.0 Å². The van der Waals surface area contributed by atoms with E-state index in [0.717, 1.165) is 61.4 Å². The zero-order valence-corrected chi connectivity index (χ0v) is 62.0. The lowest BCUT2D eigenvalue weighted by molar-refractivity contribution is -0.111. The van der Waals surface area contributed by atoms with E-state index in [1.165, 1.54) is 83.2 Å². The standard InChI is InChI=1S/C12H22O2.C12H16O2.2C11H20O3Si.C10H18O.C10H12O.C7H12O.C7H6O/c2*1-2-6-11(13)9-12(14)10-7-4-3-5-8-10;2*1-7-9-15(12-8-2)13-10(3,4)11(5,6)14-15;2*1-2-6-10(11)9-7-4-3-5-8-9;2*8-6-7-4-2-1-3-5-7/h2,10-14H,1,3-9H2;2-5,7-8,11-14H,1,6,9H2;2*7-8H,1-2,9H2,3-6H3;2,9-11H,1,3-8H2;2-5,7-8,10-11H,1,6H2;6-7H,1-5H2;1-6H/t11-,12?;11-,12-;;;;;;/m00....../s1. The molecular weight excluding hydrogens is 1240 g/mol. The normalized spacial score (nSPS) is 20.3. The summed E-state index contributed by atoms with van der Waals surface area (Å²) in [5.74, 6) is 1.38. The van der Waals surface area contributed by atoms with Crippen molar-refractivity contribution in [3.63, 3.8) is 0 Å². The van der Waals surface area contributed by atoms with Gasteiger partial charge < -0.3 is 62.0 Å². The Morgan fingerprint density at radius 3 is 1.07 bits per heavy atom. The molecular formula is C80H126O14Si2. The maximum absolute atomic E-state index is 10.2. The van der Waals surface area contributed by atoms with Crippen LogP contribution in [0, 0.1) is 17.8 Å². The molecule has 2 heterocycles. The Morgan fingerprint density at radius 2 is 0.760 bits per heavy atom. The van der Waals surface area contributed by atoms with Gasteiger partial charge in [-0.2, -0.15) is 0 Å². The largest absolute Gasteiger partial charge is 0.570 e. The van der Waals surface area contributed by atoms with E-state index in [1.807, 2.05) is 140 Å². The summed E-state index contributed by atoms with van der Waals surface area (Å²) in [6.45, 7) is 45.0. The Morgan fingerprint density at radius 1 is 0.427 bits per heavy atom. The number of hydrogen-bond donors (Lipinski definition) is 6. The molecule has 8 rings (SSSR count). The van der Waals surface area contributed by atoms with Crippen LogP contribution in [0.15, 0.2) is 193 Å². The zero-order chi connectivity index (χ0) is 72.1. The Hall–Kier alpha value is -5.45. The molecule has 3 unspecified atom stereocenters. The lowest BCUT2D eigenvalue weighted by Crippen LogP contribution is -2.41. The number of aliphatic hydroxyl groups excluding tert-OH is 6. The molecule has 0 radical (unpaired) electrons. The van der Waals surface area contributed by atoms with E-state index in [9.17, 15) is 40.2 Å². The third-order valence-electron chi connectivity index (χ3n) is 18.1.